The van der Waals surface area contributed by atoms with Crippen molar-refractivity contribution in [2.24, 2.45) is 18.9 Å². The number of ether oxygens (including phenoxy) is 1. The van der Waals surface area contributed by atoms with Crippen LogP contribution in [0.5, 0.6) is 5.88 Å². The second-order valence-electron chi connectivity index (χ2n) is 16.5. The summed E-state index contributed by atoms with van der Waals surface area (Å²) in [5, 5.41) is 9.71. The van der Waals surface area contributed by atoms with Crippen LogP contribution in [-0.4, -0.2) is 99.4 Å². The summed E-state index contributed by atoms with van der Waals surface area (Å²) in [6, 6.07) is 12.5. The van der Waals surface area contributed by atoms with Crippen LogP contribution in [0.3, 0.4) is 0 Å². The number of amides is 3. The number of carbonyl (C=O) groups is 3. The summed E-state index contributed by atoms with van der Waals surface area (Å²) in [6.07, 6.45) is 3.63. The van der Waals surface area contributed by atoms with Gasteiger partial charge in [-0.05, 0) is 74.6 Å². The Morgan fingerprint density at radius 1 is 0.881 bits per heavy atom. The third-order valence-electron chi connectivity index (χ3n) is 12.1. The fourth-order valence-electron chi connectivity index (χ4n) is 8.98. The molecule has 59 heavy (non-hydrogen) atoms. The van der Waals surface area contributed by atoms with Crippen LogP contribution >= 0.6 is 0 Å². The number of benzene rings is 2. The zero-order chi connectivity index (χ0) is 40.9. The number of rotatable bonds is 5. The molecule has 0 saturated carbocycles. The van der Waals surface area contributed by atoms with Crippen LogP contribution < -0.4 is 25.2 Å². The van der Waals surface area contributed by atoms with Gasteiger partial charge >= 0.3 is 0 Å². The van der Waals surface area contributed by atoms with Crippen molar-refractivity contribution in [3.63, 3.8) is 0 Å². The van der Waals surface area contributed by atoms with E-state index in [1.54, 1.807) is 23.0 Å². The zero-order valence-corrected chi connectivity index (χ0v) is 33.5. The van der Waals surface area contributed by atoms with Gasteiger partial charge in [-0.1, -0.05) is 6.92 Å². The van der Waals surface area contributed by atoms with Crippen LogP contribution in [0, 0.1) is 30.4 Å². The first-order chi connectivity index (χ1) is 28.5. The molecule has 2 atom stereocenters. The van der Waals surface area contributed by atoms with Gasteiger partial charge in [-0.2, -0.15) is 5.10 Å². The second kappa shape index (κ2) is 15.7. The Labute approximate surface area is 340 Å². The van der Waals surface area contributed by atoms with E-state index in [0.717, 1.165) is 67.8 Å². The van der Waals surface area contributed by atoms with E-state index in [1.807, 2.05) is 24.9 Å². The third-order valence-corrected chi connectivity index (χ3v) is 12.1. The summed E-state index contributed by atoms with van der Waals surface area (Å²) in [7, 11) is 1.84. The fourth-order valence-corrected chi connectivity index (χ4v) is 8.98. The SMILES string of the molecule is Cc1cc2cc(n1)-c1cnn(C)c1OCCC[C@@H](C)Cn1c(nc3ccc(N4CCN(CC5CN(c6cc(F)c([C@H]7CCC(=O)NC7=O)c(F)c6)C5)CC4)cc31)NC2=O. The number of nitrogens with zero attached hydrogens (tertiary/aromatic N) is 8. The number of fused-ring (bicyclic) bond motifs is 7. The van der Waals surface area contributed by atoms with Crippen LogP contribution in [0.2, 0.25) is 0 Å². The summed E-state index contributed by atoms with van der Waals surface area (Å²) in [4.78, 5) is 54.1. The Kier molecular flexibility index (Phi) is 10.3. The molecule has 7 heterocycles. The Bertz CT molecular complexity index is 2430. The maximum absolute atomic E-state index is 15.2. The van der Waals surface area contributed by atoms with Gasteiger partial charge in [-0.3, -0.25) is 34.9 Å². The number of halogens is 2. The summed E-state index contributed by atoms with van der Waals surface area (Å²) in [5.74, 6) is -2.09. The van der Waals surface area contributed by atoms with Gasteiger partial charge in [0.1, 0.15) is 11.6 Å². The minimum Gasteiger partial charge on any atom is -0.477 e. The molecule has 2 N–H and O–H groups in total. The van der Waals surface area contributed by atoms with Crippen molar-refractivity contribution < 1.29 is 27.9 Å². The number of aromatic nitrogens is 5. The Morgan fingerprint density at radius 2 is 1.66 bits per heavy atom. The fraction of sp³-hybridized carbons (Fsp3) is 0.442. The number of nitrogens with one attached hydrogen (secondary N) is 2. The highest BCUT2D eigenvalue weighted by Gasteiger charge is 2.35. The standard InChI is InChI=1S/C43H48F2N10O4/c1-25-5-4-14-59-42-32(20-46-51(42)3)36-16-28(15-26(2)47-36)40(57)50-43-48-35-8-6-29(19-37(35)55(43)21-25)53-12-10-52(11-13-53)22-27-23-54(24-27)30-17-33(44)39(34(45)18-30)31-7-9-38(56)49-41(31)58/h6,8,15-20,25,27,31H,4-5,7,9-14,21-24H2,1-3H3,(H,48,50,57)(H,49,56,58)/t25-,31-/m1/s1. The summed E-state index contributed by atoms with van der Waals surface area (Å²) in [6.45, 7) is 11.0. The molecule has 2 aromatic carbocycles. The number of hydrogen-bond donors (Lipinski definition) is 2. The minimum absolute atomic E-state index is 0.0573. The molecule has 0 aliphatic carbocycles. The summed E-state index contributed by atoms with van der Waals surface area (Å²) >= 11 is 0. The molecule has 0 spiro atoms. The van der Waals surface area contributed by atoms with Gasteiger partial charge in [0.15, 0.2) is 0 Å². The quantitative estimate of drug-likeness (QED) is 0.226. The molecule has 0 radical (unpaired) electrons. The number of carbonyl (C=O) groups excluding carboxylic acids is 3. The molecule has 4 aliphatic rings. The van der Waals surface area contributed by atoms with Crippen molar-refractivity contribution in [1.82, 2.24) is 34.5 Å². The Morgan fingerprint density at radius 3 is 2.42 bits per heavy atom. The molecule has 3 fully saturated rings. The highest BCUT2D eigenvalue weighted by atomic mass is 19.1. The van der Waals surface area contributed by atoms with Crippen molar-refractivity contribution >= 4 is 46.1 Å². The first-order valence-corrected chi connectivity index (χ1v) is 20.5. The van der Waals surface area contributed by atoms with Gasteiger partial charge in [-0.15, -0.1) is 0 Å². The Hall–Kier alpha value is -5.90. The highest BCUT2D eigenvalue weighted by molar-refractivity contribution is 6.05. The Balaban J connectivity index is 0.856. The first-order valence-electron chi connectivity index (χ1n) is 20.5. The van der Waals surface area contributed by atoms with Crippen molar-refractivity contribution in [2.75, 3.05) is 67.5 Å². The molecule has 3 saturated heterocycles. The van der Waals surface area contributed by atoms with Gasteiger partial charge in [0.2, 0.25) is 23.6 Å². The van der Waals surface area contributed by atoms with Crippen molar-refractivity contribution in [3.8, 4) is 17.1 Å². The van der Waals surface area contributed by atoms with E-state index in [9.17, 15) is 14.4 Å². The normalized spacial score (nSPS) is 20.9. The predicted molar refractivity (Wildman–Crippen MR) is 219 cm³/mol. The average Bonchev–Trinajstić information content (AvgIpc) is 3.72. The second-order valence-corrected chi connectivity index (χ2v) is 16.5. The van der Waals surface area contributed by atoms with Gasteiger partial charge in [-0.25, -0.2) is 18.4 Å². The van der Waals surface area contributed by atoms with Crippen LogP contribution in [0.15, 0.2) is 48.7 Å². The molecule has 14 nitrogen and oxygen atoms in total. The molecule has 3 amide bonds. The molecule has 3 aromatic heterocycles. The van der Waals surface area contributed by atoms with Gasteiger partial charge in [0.05, 0.1) is 41.0 Å². The molecule has 2 bridgehead atoms. The molecular formula is C43H48F2N10O4. The number of pyridine rings is 1. The predicted octanol–water partition coefficient (Wildman–Crippen LogP) is 5.26. The molecule has 308 valence electrons. The van der Waals surface area contributed by atoms with E-state index >= 15 is 8.78 Å². The summed E-state index contributed by atoms with van der Waals surface area (Å²) < 4.78 is 40.4. The van der Waals surface area contributed by atoms with Crippen LogP contribution in [0.25, 0.3) is 22.3 Å². The van der Waals surface area contributed by atoms with Crippen molar-refractivity contribution in [2.45, 2.75) is 52.0 Å². The number of piperazine rings is 1. The van der Waals surface area contributed by atoms with E-state index in [2.05, 4.69) is 49.2 Å². The van der Waals surface area contributed by atoms with E-state index in [0.29, 0.717) is 66.6 Å². The average molecular weight is 807 g/mol. The number of anilines is 3. The van der Waals surface area contributed by atoms with Crippen molar-refractivity contribution in [3.05, 3.63) is 77.1 Å². The topological polar surface area (TPSA) is 143 Å². The number of hydrogen-bond acceptors (Lipinski definition) is 10. The largest absolute Gasteiger partial charge is 0.477 e. The smallest absolute Gasteiger partial charge is 0.258 e. The maximum Gasteiger partial charge on any atom is 0.258 e. The monoisotopic (exact) mass is 806 g/mol. The molecule has 16 heteroatoms. The van der Waals surface area contributed by atoms with Crippen molar-refractivity contribution in [1.29, 1.82) is 0 Å². The number of piperidine rings is 1. The molecule has 0 unspecified atom stereocenters. The minimum atomic E-state index is -1.01. The maximum atomic E-state index is 15.2. The van der Waals surface area contributed by atoms with Gasteiger partial charge in [0.25, 0.3) is 5.91 Å². The van der Waals surface area contributed by atoms with Gasteiger partial charge in [0, 0.05) is 99.9 Å². The number of aryl methyl sites for hydroxylation is 2. The lowest BCUT2D eigenvalue weighted by Gasteiger charge is -2.45. The molecule has 9 rings (SSSR count). The lowest BCUT2D eigenvalue weighted by molar-refractivity contribution is -0.134. The lowest BCUT2D eigenvalue weighted by atomic mass is 9.89. The third kappa shape index (κ3) is 7.73. The van der Waals surface area contributed by atoms with E-state index < -0.39 is 29.4 Å². The number of imidazole rings is 1. The summed E-state index contributed by atoms with van der Waals surface area (Å²) in [5.41, 5.74) is 5.62. The molecule has 4 aliphatic heterocycles. The van der Waals surface area contributed by atoms with Gasteiger partial charge < -0.3 is 19.1 Å². The molecular weight excluding hydrogens is 759 g/mol. The van der Waals surface area contributed by atoms with E-state index in [1.165, 1.54) is 12.1 Å². The van der Waals surface area contributed by atoms with E-state index in [-0.39, 0.29) is 30.2 Å². The highest BCUT2D eigenvalue weighted by Crippen LogP contribution is 2.35. The first kappa shape index (κ1) is 38.6. The van der Waals surface area contributed by atoms with Crippen LogP contribution in [-0.2, 0) is 23.2 Å². The van der Waals surface area contributed by atoms with E-state index in [4.69, 9.17) is 14.7 Å². The number of imide groups is 1. The van der Waals surface area contributed by atoms with Crippen LogP contribution in [0.4, 0.5) is 26.1 Å². The zero-order valence-electron chi connectivity index (χ0n) is 33.5. The van der Waals surface area contributed by atoms with Crippen LogP contribution in [0.1, 0.15) is 60.1 Å². The lowest BCUT2D eigenvalue weighted by Crippen LogP contribution is -2.55. The molecule has 5 aromatic rings.